The number of aliphatic carboxylic acids is 1. The predicted octanol–water partition coefficient (Wildman–Crippen LogP) is 4.28. The van der Waals surface area contributed by atoms with Crippen LogP contribution in [-0.4, -0.2) is 130 Å². The quantitative estimate of drug-likeness (QED) is 0.235. The van der Waals surface area contributed by atoms with E-state index in [2.05, 4.69) is 10.6 Å². The van der Waals surface area contributed by atoms with Gasteiger partial charge in [-0.15, -0.1) is 0 Å². The van der Waals surface area contributed by atoms with Crippen LogP contribution in [0.25, 0.3) is 0 Å². The molecule has 292 valence electrons. The zero-order valence-corrected chi connectivity index (χ0v) is 31.5. The van der Waals surface area contributed by atoms with Gasteiger partial charge in [-0.2, -0.15) is 0 Å². The van der Waals surface area contributed by atoms with Gasteiger partial charge >= 0.3 is 36.3 Å². The third-order valence-corrected chi connectivity index (χ3v) is 6.31. The molecule has 0 radical (unpaired) electrons. The molecule has 17 nitrogen and oxygen atoms in total. The lowest BCUT2D eigenvalue weighted by Gasteiger charge is -2.30. The fourth-order valence-corrected chi connectivity index (χ4v) is 4.43. The molecule has 0 spiro atoms. The van der Waals surface area contributed by atoms with Crippen molar-refractivity contribution in [1.82, 2.24) is 20.4 Å². The Morgan fingerprint density at radius 3 is 1.18 bits per heavy atom. The van der Waals surface area contributed by atoms with E-state index in [-0.39, 0.29) is 46.4 Å². The summed E-state index contributed by atoms with van der Waals surface area (Å²) in [5.74, 6) is -1.84. The summed E-state index contributed by atoms with van der Waals surface area (Å²) < 4.78 is 25.7. The van der Waals surface area contributed by atoms with Gasteiger partial charge in [-0.1, -0.05) is 7.43 Å². The number of carbonyl (C=O) groups is 6. The molecular formula is C33H62N4O13. The summed E-state index contributed by atoms with van der Waals surface area (Å²) in [6.07, 6.45) is -2.41. The van der Waals surface area contributed by atoms with Gasteiger partial charge in [-0.3, -0.25) is 0 Å². The Morgan fingerprint density at radius 1 is 0.580 bits per heavy atom. The van der Waals surface area contributed by atoms with Gasteiger partial charge in [0.1, 0.15) is 22.4 Å². The number of rotatable bonds is 4. The Labute approximate surface area is 296 Å². The highest BCUT2D eigenvalue weighted by atomic mass is 16.6. The molecule has 0 saturated carbocycles. The number of carboxylic acid groups (broad SMARTS) is 1. The predicted molar refractivity (Wildman–Crippen MR) is 184 cm³/mol. The molecule has 2 heterocycles. The molecule has 0 aromatic carbocycles. The van der Waals surface area contributed by atoms with Crippen molar-refractivity contribution in [2.45, 2.75) is 137 Å². The molecule has 0 bridgehead atoms. The topological polar surface area (TPSA) is 220 Å². The van der Waals surface area contributed by atoms with Crippen LogP contribution in [0.15, 0.2) is 0 Å². The number of methoxy groups -OCH3 is 1. The maximum atomic E-state index is 12.2. The van der Waals surface area contributed by atoms with Crippen LogP contribution in [0.5, 0.6) is 0 Å². The molecule has 2 aliphatic rings. The van der Waals surface area contributed by atoms with Crippen LogP contribution in [0.4, 0.5) is 19.2 Å². The van der Waals surface area contributed by atoms with E-state index in [0.29, 0.717) is 0 Å². The number of carbonyl (C=O) groups excluding carboxylic acids is 5. The van der Waals surface area contributed by atoms with Crippen molar-refractivity contribution in [1.29, 1.82) is 0 Å². The highest BCUT2D eigenvalue weighted by molar-refractivity contribution is 5.88. The summed E-state index contributed by atoms with van der Waals surface area (Å²) >= 11 is 0. The number of nitrogens with one attached hydrogen (secondary N) is 2. The van der Waals surface area contributed by atoms with Crippen molar-refractivity contribution in [2.75, 3.05) is 40.4 Å². The van der Waals surface area contributed by atoms with Crippen molar-refractivity contribution in [2.24, 2.45) is 0 Å². The number of aliphatic hydroxyl groups excluding tert-OH is 1. The van der Waals surface area contributed by atoms with Gasteiger partial charge in [-0.05, 0) is 83.1 Å². The van der Waals surface area contributed by atoms with Gasteiger partial charge in [0.2, 0.25) is 0 Å². The Balaban J connectivity index is 0. The minimum Gasteiger partial charge on any atom is -0.479 e. The first-order chi connectivity index (χ1) is 22.0. The molecule has 2 unspecified atom stereocenters. The van der Waals surface area contributed by atoms with Crippen molar-refractivity contribution >= 4 is 36.3 Å². The van der Waals surface area contributed by atoms with Gasteiger partial charge < -0.3 is 54.3 Å². The Bertz CT molecular complexity index is 1180. The SMILES string of the molecule is C.CC(C)(C)OC(=O)NC1(C(=O)O)CCN(C(=O)OC(C)(C)C)C1.CO.COC(=O)C1(NC(=O)OC(C)(C)C)CCN(C(=O)OC(C)(C)C)C1. The van der Waals surface area contributed by atoms with E-state index in [4.69, 9.17) is 28.8 Å². The summed E-state index contributed by atoms with van der Waals surface area (Å²) in [6.45, 7) is 20.9. The molecule has 17 heteroatoms. The molecule has 0 aliphatic carbocycles. The summed E-state index contributed by atoms with van der Waals surface area (Å²) in [6, 6.07) is 0. The lowest BCUT2D eigenvalue weighted by Crippen LogP contribution is -2.58. The molecule has 50 heavy (non-hydrogen) atoms. The van der Waals surface area contributed by atoms with Crippen LogP contribution in [0, 0.1) is 0 Å². The zero-order valence-electron chi connectivity index (χ0n) is 31.5. The van der Waals surface area contributed by atoms with E-state index in [1.54, 1.807) is 83.1 Å². The lowest BCUT2D eigenvalue weighted by atomic mass is 9.99. The number of hydrogen-bond donors (Lipinski definition) is 4. The molecule has 2 aliphatic heterocycles. The van der Waals surface area contributed by atoms with E-state index < -0.39 is 69.8 Å². The van der Waals surface area contributed by atoms with Crippen LogP contribution in [0.1, 0.15) is 103 Å². The van der Waals surface area contributed by atoms with Gasteiger partial charge in [0.15, 0.2) is 11.1 Å². The highest BCUT2D eigenvalue weighted by Crippen LogP contribution is 2.27. The van der Waals surface area contributed by atoms with Crippen molar-refractivity contribution in [3.05, 3.63) is 0 Å². The number of carboxylic acids is 1. The second-order valence-corrected chi connectivity index (χ2v) is 15.5. The van der Waals surface area contributed by atoms with E-state index >= 15 is 0 Å². The van der Waals surface area contributed by atoms with Crippen molar-refractivity contribution < 1.29 is 62.7 Å². The third kappa shape index (κ3) is 16.6. The van der Waals surface area contributed by atoms with Gasteiger partial charge in [0.05, 0.1) is 20.2 Å². The first-order valence-corrected chi connectivity index (χ1v) is 15.8. The Hall–Kier alpha value is -4.02. The number of esters is 1. The molecule has 0 aromatic heterocycles. The molecule has 2 atom stereocenters. The Kier molecular flexibility index (Phi) is 17.6. The smallest absolute Gasteiger partial charge is 0.410 e. The van der Waals surface area contributed by atoms with Crippen LogP contribution in [0.2, 0.25) is 0 Å². The number of ether oxygens (including phenoxy) is 5. The van der Waals surface area contributed by atoms with Gasteiger partial charge in [0.25, 0.3) is 0 Å². The average molecular weight is 723 g/mol. The Morgan fingerprint density at radius 2 is 0.880 bits per heavy atom. The minimum absolute atomic E-state index is 0. The van der Waals surface area contributed by atoms with Crippen molar-refractivity contribution in [3.8, 4) is 0 Å². The second-order valence-electron chi connectivity index (χ2n) is 15.5. The number of amides is 4. The number of alkyl carbamates (subject to hydrolysis) is 2. The monoisotopic (exact) mass is 722 g/mol. The molecule has 2 saturated heterocycles. The fraction of sp³-hybridized carbons (Fsp3) is 0.818. The van der Waals surface area contributed by atoms with Gasteiger partial charge in [-0.25, -0.2) is 28.8 Å². The first kappa shape index (κ1) is 48.1. The molecule has 0 aromatic rings. The van der Waals surface area contributed by atoms with Crippen LogP contribution < -0.4 is 10.6 Å². The molecule has 4 amide bonds. The normalized spacial score (nSPS) is 20.3. The first-order valence-electron chi connectivity index (χ1n) is 15.8. The average Bonchev–Trinajstić information content (AvgIpc) is 3.52. The molecular weight excluding hydrogens is 660 g/mol. The largest absolute Gasteiger partial charge is 0.479 e. The van der Waals surface area contributed by atoms with Crippen LogP contribution in [0.3, 0.4) is 0 Å². The number of nitrogens with zero attached hydrogens (tertiary/aromatic N) is 2. The van der Waals surface area contributed by atoms with Crippen LogP contribution in [-0.2, 0) is 33.3 Å². The van der Waals surface area contributed by atoms with Crippen LogP contribution >= 0.6 is 0 Å². The second kappa shape index (κ2) is 18.3. The minimum atomic E-state index is -1.57. The molecule has 2 rings (SSSR count). The van der Waals surface area contributed by atoms with E-state index in [0.717, 1.165) is 7.11 Å². The maximum Gasteiger partial charge on any atom is 0.410 e. The third-order valence-electron chi connectivity index (χ3n) is 6.31. The van der Waals surface area contributed by atoms with E-state index in [1.807, 2.05) is 0 Å². The maximum absolute atomic E-state index is 12.2. The number of likely N-dealkylation sites (tertiary alicyclic amines) is 2. The van der Waals surface area contributed by atoms with Gasteiger partial charge in [0, 0.05) is 33.0 Å². The number of hydrogen-bond acceptors (Lipinski definition) is 12. The van der Waals surface area contributed by atoms with E-state index in [1.165, 1.54) is 16.9 Å². The fourth-order valence-electron chi connectivity index (χ4n) is 4.43. The lowest BCUT2D eigenvalue weighted by molar-refractivity contribution is -0.148. The summed E-state index contributed by atoms with van der Waals surface area (Å²) in [5.41, 5.74) is -5.68. The summed E-state index contributed by atoms with van der Waals surface area (Å²) in [4.78, 5) is 74.7. The standard InChI is InChI=1S/C16H28N2O6.C15H26N2O6.CH4O.CH4/c1-14(2,3)23-12(20)17-16(11(19)22-7)8-9-18(10-16)13(21)24-15(4,5)6;1-13(2,3)22-11(20)16-15(10(18)19)7-8-17(9-15)12(21)23-14(4,5)6;1-2;/h8-10H2,1-7H3,(H,17,20);7-9H2,1-6H3,(H,16,20)(H,18,19);2H,1H3;1H4. The molecule has 4 N–H and O–H groups in total. The summed E-state index contributed by atoms with van der Waals surface area (Å²) in [7, 11) is 2.23. The van der Waals surface area contributed by atoms with Crippen molar-refractivity contribution in [3.63, 3.8) is 0 Å². The summed E-state index contributed by atoms with van der Waals surface area (Å²) in [5, 5.41) is 21.4. The zero-order chi connectivity index (χ0) is 38.8. The molecule has 2 fully saturated rings. The highest BCUT2D eigenvalue weighted by Gasteiger charge is 2.50. The number of aliphatic hydroxyl groups is 1. The van der Waals surface area contributed by atoms with E-state index in [9.17, 15) is 33.9 Å².